The Bertz CT molecular complexity index is 916. The Morgan fingerprint density at radius 3 is 2.56 bits per heavy atom. The molecule has 0 radical (unpaired) electrons. The summed E-state index contributed by atoms with van der Waals surface area (Å²) < 4.78 is 44.8. The van der Waals surface area contributed by atoms with Gasteiger partial charge in [-0.3, -0.25) is 4.79 Å². The Balaban J connectivity index is 1.81. The number of rotatable bonds is 2. The van der Waals surface area contributed by atoms with Crippen molar-refractivity contribution < 1.29 is 22.4 Å². The average molecular weight is 346 g/mol. The zero-order valence-electron chi connectivity index (χ0n) is 12.9. The van der Waals surface area contributed by atoms with E-state index in [4.69, 9.17) is 4.42 Å². The first-order chi connectivity index (χ1) is 11.9. The van der Waals surface area contributed by atoms with Crippen LogP contribution in [0.25, 0.3) is 11.0 Å². The summed E-state index contributed by atoms with van der Waals surface area (Å²) in [5.74, 6) is -0.426. The molecular formula is C18H13F3N2O2. The van der Waals surface area contributed by atoms with E-state index in [0.717, 1.165) is 10.3 Å². The molecule has 2 aromatic carbocycles. The van der Waals surface area contributed by atoms with Gasteiger partial charge in [0.15, 0.2) is 6.17 Å². The van der Waals surface area contributed by atoms with E-state index in [-0.39, 0.29) is 11.3 Å². The van der Waals surface area contributed by atoms with Gasteiger partial charge in [-0.2, -0.15) is 13.2 Å². The van der Waals surface area contributed by atoms with Gasteiger partial charge in [0.25, 0.3) is 5.91 Å². The fourth-order valence-electron chi connectivity index (χ4n) is 3.01. The van der Waals surface area contributed by atoms with E-state index in [9.17, 15) is 18.0 Å². The van der Waals surface area contributed by atoms with E-state index in [0.29, 0.717) is 11.3 Å². The van der Waals surface area contributed by atoms with Crippen molar-refractivity contribution in [2.45, 2.75) is 12.3 Å². The van der Waals surface area contributed by atoms with Gasteiger partial charge in [-0.1, -0.05) is 30.3 Å². The molecule has 0 unspecified atom stereocenters. The minimum atomic E-state index is -4.52. The molecule has 0 fully saturated rings. The van der Waals surface area contributed by atoms with E-state index < -0.39 is 24.8 Å². The van der Waals surface area contributed by atoms with Crippen molar-refractivity contribution in [3.8, 4) is 0 Å². The quantitative estimate of drug-likeness (QED) is 0.740. The van der Waals surface area contributed by atoms with Gasteiger partial charge in [0.05, 0.1) is 5.56 Å². The van der Waals surface area contributed by atoms with Gasteiger partial charge in [-0.15, -0.1) is 0 Å². The Morgan fingerprint density at radius 1 is 1.08 bits per heavy atom. The van der Waals surface area contributed by atoms with Gasteiger partial charge in [0.2, 0.25) is 0 Å². The number of fused-ring (bicyclic) bond motifs is 2. The summed E-state index contributed by atoms with van der Waals surface area (Å²) in [6.07, 6.45) is -5.55. The highest BCUT2D eigenvalue weighted by molar-refractivity contribution is 6.01. The van der Waals surface area contributed by atoms with Crippen molar-refractivity contribution in [2.24, 2.45) is 0 Å². The van der Waals surface area contributed by atoms with Gasteiger partial charge in [-0.25, -0.2) is 0 Å². The summed E-state index contributed by atoms with van der Waals surface area (Å²) >= 11 is 0. The molecule has 0 aliphatic carbocycles. The Labute approximate surface area is 140 Å². The molecule has 1 aromatic heterocycles. The lowest BCUT2D eigenvalue weighted by molar-refractivity contribution is -0.144. The van der Waals surface area contributed by atoms with E-state index in [2.05, 4.69) is 5.32 Å². The van der Waals surface area contributed by atoms with Crippen LogP contribution in [0.5, 0.6) is 0 Å². The number of nitrogens with one attached hydrogen (secondary N) is 1. The Morgan fingerprint density at radius 2 is 1.80 bits per heavy atom. The molecule has 7 heteroatoms. The van der Waals surface area contributed by atoms with Crippen LogP contribution in [0.2, 0.25) is 0 Å². The second-order valence-electron chi connectivity index (χ2n) is 5.83. The number of amides is 1. The van der Waals surface area contributed by atoms with Crippen molar-refractivity contribution in [2.75, 3.05) is 11.9 Å². The van der Waals surface area contributed by atoms with Crippen LogP contribution in [0.3, 0.4) is 0 Å². The predicted molar refractivity (Wildman–Crippen MR) is 86.1 cm³/mol. The highest BCUT2D eigenvalue weighted by Gasteiger charge is 2.41. The average Bonchev–Trinajstić information content (AvgIpc) is 3.00. The smallest absolute Gasteiger partial charge is 0.406 e. The number of anilines is 1. The van der Waals surface area contributed by atoms with Gasteiger partial charge < -0.3 is 14.6 Å². The number of benzene rings is 2. The van der Waals surface area contributed by atoms with Crippen LogP contribution in [0.1, 0.15) is 22.3 Å². The number of para-hydroxylation sites is 2. The van der Waals surface area contributed by atoms with E-state index in [1.54, 1.807) is 42.5 Å². The largest absolute Gasteiger partial charge is 0.457 e. The standard InChI is InChI=1S/C18H13F3N2O2/c19-18(20,21)10-23-16(15-9-11-5-1-4-8-14(11)25-15)22-13-7-3-2-6-12(13)17(23)24/h1-9,16,22H,10H2/t16-/m1/s1. The van der Waals surface area contributed by atoms with Crippen molar-refractivity contribution in [1.82, 2.24) is 4.90 Å². The summed E-state index contributed by atoms with van der Waals surface area (Å²) in [6, 6.07) is 15.3. The number of carbonyl (C=O) groups is 1. The topological polar surface area (TPSA) is 45.5 Å². The molecule has 1 aliphatic heterocycles. The molecule has 1 amide bonds. The number of hydrogen-bond donors (Lipinski definition) is 1. The number of furan rings is 1. The second kappa shape index (κ2) is 5.54. The van der Waals surface area contributed by atoms with Crippen LogP contribution in [-0.4, -0.2) is 23.5 Å². The first-order valence-corrected chi connectivity index (χ1v) is 7.64. The lowest BCUT2D eigenvalue weighted by Crippen LogP contribution is -2.47. The minimum Gasteiger partial charge on any atom is -0.457 e. The number of carbonyl (C=O) groups excluding carboxylic acids is 1. The highest BCUT2D eigenvalue weighted by atomic mass is 19.4. The molecule has 0 saturated heterocycles. The third-order valence-corrected chi connectivity index (χ3v) is 4.09. The van der Waals surface area contributed by atoms with Crippen molar-refractivity contribution in [3.63, 3.8) is 0 Å². The maximum absolute atomic E-state index is 13.0. The molecule has 25 heavy (non-hydrogen) atoms. The fourth-order valence-corrected chi connectivity index (χ4v) is 3.01. The summed E-state index contributed by atoms with van der Waals surface area (Å²) in [5.41, 5.74) is 1.24. The molecule has 1 atom stereocenters. The lowest BCUT2D eigenvalue weighted by Gasteiger charge is -2.37. The van der Waals surface area contributed by atoms with Gasteiger partial charge in [0.1, 0.15) is 17.9 Å². The lowest BCUT2D eigenvalue weighted by atomic mass is 10.1. The van der Waals surface area contributed by atoms with Crippen molar-refractivity contribution in [3.05, 3.63) is 65.9 Å². The predicted octanol–water partition coefficient (Wildman–Crippen LogP) is 4.56. The fraction of sp³-hybridized carbons (Fsp3) is 0.167. The molecule has 0 spiro atoms. The zero-order valence-corrected chi connectivity index (χ0v) is 12.9. The van der Waals surface area contributed by atoms with Crippen molar-refractivity contribution in [1.29, 1.82) is 0 Å². The molecule has 0 saturated carbocycles. The number of halogens is 3. The van der Waals surface area contributed by atoms with Crippen LogP contribution in [0.4, 0.5) is 18.9 Å². The van der Waals surface area contributed by atoms with Crippen molar-refractivity contribution >= 4 is 22.6 Å². The number of alkyl halides is 3. The zero-order chi connectivity index (χ0) is 17.6. The van der Waals surface area contributed by atoms with Crippen LogP contribution in [0.15, 0.2) is 59.0 Å². The second-order valence-corrected chi connectivity index (χ2v) is 5.83. The van der Waals surface area contributed by atoms with Gasteiger partial charge >= 0.3 is 6.18 Å². The molecule has 4 rings (SSSR count). The van der Waals surface area contributed by atoms with Crippen LogP contribution in [0, 0.1) is 0 Å². The SMILES string of the molecule is O=C1c2ccccc2N[C@@H](c2cc3ccccc3o2)N1CC(F)(F)F. The molecule has 1 aliphatic rings. The summed E-state index contributed by atoms with van der Waals surface area (Å²) in [6.45, 7) is -1.37. The first kappa shape index (κ1) is 15.6. The van der Waals surface area contributed by atoms with Crippen LogP contribution < -0.4 is 5.32 Å². The van der Waals surface area contributed by atoms with E-state index >= 15 is 0 Å². The van der Waals surface area contributed by atoms with Gasteiger partial charge in [0, 0.05) is 11.1 Å². The Kier molecular flexibility index (Phi) is 3.45. The normalized spacial score (nSPS) is 17.5. The Hall–Kier alpha value is -2.96. The summed E-state index contributed by atoms with van der Waals surface area (Å²) in [7, 11) is 0. The molecule has 0 bridgehead atoms. The maximum atomic E-state index is 13.0. The molecule has 128 valence electrons. The molecular weight excluding hydrogens is 333 g/mol. The molecule has 2 heterocycles. The monoisotopic (exact) mass is 346 g/mol. The molecule has 3 aromatic rings. The third kappa shape index (κ3) is 2.82. The molecule has 1 N–H and O–H groups in total. The van der Waals surface area contributed by atoms with E-state index in [1.807, 2.05) is 6.07 Å². The van der Waals surface area contributed by atoms with E-state index in [1.165, 1.54) is 6.07 Å². The minimum absolute atomic E-state index is 0.208. The molecule has 4 nitrogen and oxygen atoms in total. The van der Waals surface area contributed by atoms with Gasteiger partial charge in [-0.05, 0) is 24.3 Å². The first-order valence-electron chi connectivity index (χ1n) is 7.64. The summed E-state index contributed by atoms with van der Waals surface area (Å²) in [4.78, 5) is 13.4. The van der Waals surface area contributed by atoms with Crippen LogP contribution in [-0.2, 0) is 0 Å². The maximum Gasteiger partial charge on any atom is 0.406 e. The number of nitrogens with zero attached hydrogens (tertiary/aromatic N) is 1. The van der Waals surface area contributed by atoms with Crippen LogP contribution >= 0.6 is 0 Å². The highest BCUT2D eigenvalue weighted by Crippen LogP contribution is 2.36. The third-order valence-electron chi connectivity index (χ3n) is 4.09. The summed E-state index contributed by atoms with van der Waals surface area (Å²) in [5, 5.41) is 3.75. The number of hydrogen-bond acceptors (Lipinski definition) is 3.